The molecule has 8 heteroatoms. The van der Waals surface area contributed by atoms with Crippen LogP contribution in [0.4, 0.5) is 0 Å². The van der Waals surface area contributed by atoms with Gasteiger partial charge in [-0.15, -0.1) is 0 Å². The second-order valence-electron chi connectivity index (χ2n) is 6.45. The molecule has 0 spiro atoms. The van der Waals surface area contributed by atoms with E-state index in [1.165, 1.54) is 0 Å². The number of aliphatic carboxylic acids is 2. The van der Waals surface area contributed by atoms with Gasteiger partial charge in [0.1, 0.15) is 12.4 Å². The summed E-state index contributed by atoms with van der Waals surface area (Å²) in [6, 6.07) is 5.81. The molecule has 26 heavy (non-hydrogen) atoms. The van der Waals surface area contributed by atoms with Crippen LogP contribution in [0.3, 0.4) is 0 Å². The van der Waals surface area contributed by atoms with E-state index in [-0.39, 0.29) is 5.41 Å². The number of ether oxygens (including phenoxy) is 2. The molecule has 1 rings (SSSR count). The van der Waals surface area contributed by atoms with E-state index in [0.717, 1.165) is 42.5 Å². The Kier molecular flexibility index (Phi) is 11.6. The first-order chi connectivity index (χ1) is 12.1. The Labute approximate surface area is 159 Å². The van der Waals surface area contributed by atoms with Crippen LogP contribution in [0, 0.1) is 0 Å². The first kappa shape index (κ1) is 24.2. The summed E-state index contributed by atoms with van der Waals surface area (Å²) in [6.45, 7) is 9.70. The summed E-state index contributed by atoms with van der Waals surface area (Å²) in [5, 5.41) is 18.9. The lowest BCUT2D eigenvalue weighted by Gasteiger charge is -2.23. The third-order valence-electron chi connectivity index (χ3n) is 3.17. The van der Waals surface area contributed by atoms with Crippen LogP contribution in [-0.2, 0) is 19.7 Å². The Bertz CT molecular complexity index is 559. The highest BCUT2D eigenvalue weighted by Crippen LogP contribution is 2.33. The number of rotatable bonds is 8. The molecule has 0 aliphatic rings. The Morgan fingerprint density at radius 1 is 1.12 bits per heavy atom. The molecule has 0 radical (unpaired) electrons. The van der Waals surface area contributed by atoms with Crippen molar-refractivity contribution < 1.29 is 29.3 Å². The second kappa shape index (κ2) is 12.5. The van der Waals surface area contributed by atoms with Gasteiger partial charge in [-0.2, -0.15) is 0 Å². The molecular formula is C18H28ClNO6. The summed E-state index contributed by atoms with van der Waals surface area (Å²) >= 11 is 6.08. The van der Waals surface area contributed by atoms with Crippen molar-refractivity contribution in [3.05, 3.63) is 28.8 Å². The van der Waals surface area contributed by atoms with Gasteiger partial charge in [0.05, 0.1) is 0 Å². The molecular weight excluding hydrogens is 362 g/mol. The van der Waals surface area contributed by atoms with E-state index in [1.807, 2.05) is 18.2 Å². The highest BCUT2D eigenvalue weighted by atomic mass is 35.5. The summed E-state index contributed by atoms with van der Waals surface area (Å²) in [6.07, 6.45) is 1.02. The van der Waals surface area contributed by atoms with Crippen LogP contribution in [0.2, 0.25) is 5.02 Å². The van der Waals surface area contributed by atoms with E-state index in [0.29, 0.717) is 6.61 Å². The number of halogens is 1. The number of hydrogen-bond donors (Lipinski definition) is 3. The van der Waals surface area contributed by atoms with Crippen molar-refractivity contribution in [3.8, 4) is 5.75 Å². The summed E-state index contributed by atoms with van der Waals surface area (Å²) < 4.78 is 10.9. The fourth-order valence-electron chi connectivity index (χ4n) is 1.91. The van der Waals surface area contributed by atoms with Gasteiger partial charge in [-0.25, -0.2) is 9.59 Å². The molecule has 0 aliphatic carbocycles. The van der Waals surface area contributed by atoms with Crippen molar-refractivity contribution >= 4 is 23.5 Å². The van der Waals surface area contributed by atoms with Gasteiger partial charge >= 0.3 is 11.9 Å². The van der Waals surface area contributed by atoms with Crippen molar-refractivity contribution in [1.29, 1.82) is 0 Å². The predicted octanol–water partition coefficient (Wildman–Crippen LogP) is 2.80. The molecule has 1 aromatic rings. The number of carboxylic acids is 2. The van der Waals surface area contributed by atoms with Crippen molar-refractivity contribution in [1.82, 2.24) is 5.32 Å². The first-order valence-electron chi connectivity index (χ1n) is 8.18. The lowest BCUT2D eigenvalue weighted by Crippen LogP contribution is -2.23. The summed E-state index contributed by atoms with van der Waals surface area (Å²) in [5.41, 5.74) is 1.16. The maximum atomic E-state index is 9.10. The molecule has 0 bridgehead atoms. The average Bonchev–Trinajstić information content (AvgIpc) is 2.54. The zero-order chi connectivity index (χ0) is 20.2. The molecule has 0 atom stereocenters. The summed E-state index contributed by atoms with van der Waals surface area (Å²) in [4.78, 5) is 18.2. The molecule has 1 aromatic carbocycles. The minimum absolute atomic E-state index is 0.0200. The second-order valence-corrected chi connectivity index (χ2v) is 6.88. The fourth-order valence-corrected chi connectivity index (χ4v) is 2.09. The van der Waals surface area contributed by atoms with Gasteiger partial charge in [-0.1, -0.05) is 32.4 Å². The molecule has 148 valence electrons. The number of hydrogen-bond acceptors (Lipinski definition) is 5. The Balaban J connectivity index is 0.000000896. The molecule has 0 unspecified atom stereocenters. The molecule has 0 saturated heterocycles. The highest BCUT2D eigenvalue weighted by molar-refractivity contribution is 6.30. The Morgan fingerprint density at radius 3 is 2.23 bits per heavy atom. The largest absolute Gasteiger partial charge is 0.492 e. The van der Waals surface area contributed by atoms with Crippen molar-refractivity contribution in [2.75, 3.05) is 33.4 Å². The molecule has 0 aromatic heterocycles. The zero-order valence-electron chi connectivity index (χ0n) is 15.7. The van der Waals surface area contributed by atoms with E-state index in [2.05, 4.69) is 26.1 Å². The minimum Gasteiger partial charge on any atom is -0.492 e. The quantitative estimate of drug-likeness (QED) is 0.463. The van der Waals surface area contributed by atoms with Crippen LogP contribution in [0.15, 0.2) is 18.2 Å². The van der Waals surface area contributed by atoms with Crippen LogP contribution in [0.1, 0.15) is 32.8 Å². The third kappa shape index (κ3) is 10.9. The van der Waals surface area contributed by atoms with Crippen LogP contribution in [0.5, 0.6) is 5.75 Å². The van der Waals surface area contributed by atoms with Gasteiger partial charge in [-0.05, 0) is 36.6 Å². The Hall–Kier alpha value is -1.83. The molecule has 7 nitrogen and oxygen atoms in total. The molecule has 0 heterocycles. The highest BCUT2D eigenvalue weighted by Gasteiger charge is 2.19. The van der Waals surface area contributed by atoms with E-state index < -0.39 is 11.9 Å². The number of benzene rings is 1. The number of nitrogens with one attached hydrogen (secondary N) is 1. The molecule has 0 aliphatic heterocycles. The number of carbonyl (C=O) groups is 2. The normalized spacial score (nSPS) is 10.7. The number of methoxy groups -OCH3 is 1. The SMILES string of the molecule is COCCCNCCOc1ccc(Cl)cc1C(C)(C)C.O=C(O)C(=O)O. The van der Waals surface area contributed by atoms with Crippen LogP contribution in [-0.4, -0.2) is 55.6 Å². The van der Waals surface area contributed by atoms with Gasteiger partial charge in [0.25, 0.3) is 0 Å². The molecule has 0 amide bonds. The van der Waals surface area contributed by atoms with Gasteiger partial charge in [0.2, 0.25) is 0 Å². The zero-order valence-corrected chi connectivity index (χ0v) is 16.4. The lowest BCUT2D eigenvalue weighted by atomic mass is 9.86. The van der Waals surface area contributed by atoms with Gasteiger partial charge in [0.15, 0.2) is 0 Å². The Morgan fingerprint density at radius 2 is 1.73 bits per heavy atom. The third-order valence-corrected chi connectivity index (χ3v) is 3.41. The number of carboxylic acid groups (broad SMARTS) is 2. The molecule has 0 saturated carbocycles. The maximum absolute atomic E-state index is 9.10. The van der Waals surface area contributed by atoms with Gasteiger partial charge < -0.3 is 25.0 Å². The standard InChI is InChI=1S/C16H26ClNO2.C2H2O4/c1-16(2,3)14-12-13(17)6-7-15(14)20-11-9-18-8-5-10-19-4;3-1(4)2(5)6/h6-7,12,18H,5,8-11H2,1-4H3;(H,3,4)(H,5,6). The monoisotopic (exact) mass is 389 g/mol. The topological polar surface area (TPSA) is 105 Å². The molecule has 0 fully saturated rings. The summed E-state index contributed by atoms with van der Waals surface area (Å²) in [5.74, 6) is -2.73. The molecule has 3 N–H and O–H groups in total. The van der Waals surface area contributed by atoms with Crippen LogP contribution < -0.4 is 10.1 Å². The van der Waals surface area contributed by atoms with Crippen molar-refractivity contribution in [2.24, 2.45) is 0 Å². The smallest absolute Gasteiger partial charge is 0.414 e. The van der Waals surface area contributed by atoms with E-state index in [1.54, 1.807) is 7.11 Å². The van der Waals surface area contributed by atoms with Crippen LogP contribution >= 0.6 is 11.6 Å². The van der Waals surface area contributed by atoms with E-state index in [4.69, 9.17) is 40.9 Å². The van der Waals surface area contributed by atoms with E-state index >= 15 is 0 Å². The first-order valence-corrected chi connectivity index (χ1v) is 8.56. The van der Waals surface area contributed by atoms with E-state index in [9.17, 15) is 0 Å². The predicted molar refractivity (Wildman–Crippen MR) is 100 cm³/mol. The summed E-state index contributed by atoms with van der Waals surface area (Å²) in [7, 11) is 1.72. The van der Waals surface area contributed by atoms with Crippen molar-refractivity contribution in [3.63, 3.8) is 0 Å². The lowest BCUT2D eigenvalue weighted by molar-refractivity contribution is -0.159. The maximum Gasteiger partial charge on any atom is 0.414 e. The van der Waals surface area contributed by atoms with Crippen LogP contribution in [0.25, 0.3) is 0 Å². The van der Waals surface area contributed by atoms with Gasteiger partial charge in [0, 0.05) is 30.8 Å². The van der Waals surface area contributed by atoms with Gasteiger partial charge in [-0.3, -0.25) is 0 Å². The van der Waals surface area contributed by atoms with Crippen molar-refractivity contribution in [2.45, 2.75) is 32.6 Å². The minimum atomic E-state index is -1.82. The average molecular weight is 390 g/mol. The fraction of sp³-hybridized carbons (Fsp3) is 0.556.